The van der Waals surface area contributed by atoms with E-state index in [2.05, 4.69) is 28.2 Å². The van der Waals surface area contributed by atoms with Gasteiger partial charge in [-0.1, -0.05) is 23.7 Å². The van der Waals surface area contributed by atoms with Gasteiger partial charge in [-0.25, -0.2) is 0 Å². The minimum absolute atomic E-state index is 0.0507. The maximum atomic E-state index is 5.56. The molecule has 6 nitrogen and oxygen atoms in total. The van der Waals surface area contributed by atoms with Gasteiger partial charge < -0.3 is 14.0 Å². The van der Waals surface area contributed by atoms with Gasteiger partial charge in [-0.2, -0.15) is 4.98 Å². The Kier molecular flexibility index (Phi) is 4.99. The van der Waals surface area contributed by atoms with E-state index in [0.29, 0.717) is 24.0 Å². The van der Waals surface area contributed by atoms with Crippen LogP contribution in [0.2, 0.25) is 0 Å². The maximum Gasteiger partial charge on any atom is 0.241 e. The molecule has 0 bridgehead atoms. The van der Waals surface area contributed by atoms with E-state index in [1.807, 2.05) is 30.4 Å². The number of hydrogen-bond donors (Lipinski definition) is 0. The summed E-state index contributed by atoms with van der Waals surface area (Å²) in [5, 5.41) is 4.17. The predicted octanol–water partition coefficient (Wildman–Crippen LogP) is 4.34. The zero-order chi connectivity index (χ0) is 18.7. The predicted molar refractivity (Wildman–Crippen MR) is 102 cm³/mol. The summed E-state index contributed by atoms with van der Waals surface area (Å²) >= 11 is 0. The Bertz CT molecular complexity index is 820. The smallest absolute Gasteiger partial charge is 0.241 e. The standard InChI is InChI=1S/C21H25N3O3/c1-3-9-21(10-4-2)11-5-6-12-24(21)14-19-22-20(23-27-19)16-7-8-17-18(13-16)26-15-25-17/h3-4,7-8,13H,1-2,5-6,9-12,14-15H2. The van der Waals surface area contributed by atoms with Crippen LogP contribution in [0.25, 0.3) is 11.4 Å². The lowest BCUT2D eigenvalue weighted by atomic mass is 9.81. The summed E-state index contributed by atoms with van der Waals surface area (Å²) in [5.41, 5.74) is 0.908. The van der Waals surface area contributed by atoms with Crippen molar-refractivity contribution in [2.24, 2.45) is 0 Å². The van der Waals surface area contributed by atoms with Gasteiger partial charge in [0.25, 0.3) is 0 Å². The van der Waals surface area contributed by atoms with Crippen LogP contribution in [-0.2, 0) is 6.54 Å². The summed E-state index contributed by atoms with van der Waals surface area (Å²) in [4.78, 5) is 7.07. The van der Waals surface area contributed by atoms with E-state index >= 15 is 0 Å². The van der Waals surface area contributed by atoms with E-state index in [4.69, 9.17) is 14.0 Å². The van der Waals surface area contributed by atoms with Gasteiger partial charge in [-0.05, 0) is 50.4 Å². The third-order valence-corrected chi connectivity index (χ3v) is 5.46. The van der Waals surface area contributed by atoms with Crippen LogP contribution in [0.4, 0.5) is 0 Å². The summed E-state index contributed by atoms with van der Waals surface area (Å²) in [6, 6.07) is 5.68. The maximum absolute atomic E-state index is 5.56. The number of rotatable bonds is 7. The number of benzene rings is 1. The molecule has 2 aromatic rings. The van der Waals surface area contributed by atoms with E-state index in [9.17, 15) is 0 Å². The molecule has 0 atom stereocenters. The third kappa shape index (κ3) is 3.49. The molecular formula is C21H25N3O3. The van der Waals surface area contributed by atoms with Crippen molar-refractivity contribution in [3.63, 3.8) is 0 Å². The number of ether oxygens (including phenoxy) is 2. The van der Waals surface area contributed by atoms with Gasteiger partial charge in [0, 0.05) is 11.1 Å². The molecule has 0 N–H and O–H groups in total. The van der Waals surface area contributed by atoms with Gasteiger partial charge in [0.15, 0.2) is 11.5 Å². The molecule has 0 aliphatic carbocycles. The van der Waals surface area contributed by atoms with Crippen molar-refractivity contribution in [2.75, 3.05) is 13.3 Å². The van der Waals surface area contributed by atoms with Crippen LogP contribution in [0.15, 0.2) is 48.0 Å². The second-order valence-electron chi connectivity index (χ2n) is 7.17. The van der Waals surface area contributed by atoms with Crippen molar-refractivity contribution in [3.05, 3.63) is 49.4 Å². The molecule has 4 rings (SSSR count). The number of fused-ring (bicyclic) bond motifs is 1. The first-order valence-corrected chi connectivity index (χ1v) is 9.43. The Morgan fingerprint density at radius 3 is 2.74 bits per heavy atom. The van der Waals surface area contributed by atoms with Gasteiger partial charge in [-0.3, -0.25) is 4.90 Å². The molecule has 2 aliphatic heterocycles. The molecule has 0 unspecified atom stereocenters. The number of aromatic nitrogens is 2. The molecule has 1 aromatic heterocycles. The quantitative estimate of drug-likeness (QED) is 0.679. The average Bonchev–Trinajstić information content (AvgIpc) is 3.33. The molecule has 6 heteroatoms. The van der Waals surface area contributed by atoms with Crippen molar-refractivity contribution in [2.45, 2.75) is 44.2 Å². The Morgan fingerprint density at radius 2 is 1.93 bits per heavy atom. The summed E-state index contributed by atoms with van der Waals surface area (Å²) in [6.07, 6.45) is 9.42. The van der Waals surface area contributed by atoms with Crippen molar-refractivity contribution in [1.29, 1.82) is 0 Å². The zero-order valence-electron chi connectivity index (χ0n) is 15.5. The van der Waals surface area contributed by atoms with E-state index in [0.717, 1.165) is 37.1 Å². The fourth-order valence-corrected chi connectivity index (χ4v) is 4.12. The molecule has 3 heterocycles. The lowest BCUT2D eigenvalue weighted by molar-refractivity contribution is 0.0337. The van der Waals surface area contributed by atoms with Crippen LogP contribution in [0.1, 0.15) is 38.0 Å². The summed E-state index contributed by atoms with van der Waals surface area (Å²) in [7, 11) is 0. The Hall–Kier alpha value is -2.60. The monoisotopic (exact) mass is 367 g/mol. The van der Waals surface area contributed by atoms with Gasteiger partial charge >= 0.3 is 0 Å². The topological polar surface area (TPSA) is 60.6 Å². The highest BCUT2D eigenvalue weighted by Crippen LogP contribution is 2.37. The van der Waals surface area contributed by atoms with Crippen LogP contribution in [0.3, 0.4) is 0 Å². The van der Waals surface area contributed by atoms with Crippen molar-refractivity contribution < 1.29 is 14.0 Å². The van der Waals surface area contributed by atoms with Gasteiger partial charge in [0.2, 0.25) is 18.5 Å². The molecule has 0 amide bonds. The zero-order valence-corrected chi connectivity index (χ0v) is 15.5. The van der Waals surface area contributed by atoms with Crippen LogP contribution >= 0.6 is 0 Å². The highest BCUT2D eigenvalue weighted by molar-refractivity contribution is 5.61. The fraction of sp³-hybridized carbons (Fsp3) is 0.429. The highest BCUT2D eigenvalue weighted by Gasteiger charge is 2.37. The van der Waals surface area contributed by atoms with Gasteiger partial charge in [0.1, 0.15) is 0 Å². The normalized spacial score (nSPS) is 18.4. The Labute approximate surface area is 159 Å². The van der Waals surface area contributed by atoms with Gasteiger partial charge in [0.05, 0.1) is 6.54 Å². The van der Waals surface area contributed by atoms with Gasteiger partial charge in [-0.15, -0.1) is 13.2 Å². The molecule has 2 aliphatic rings. The highest BCUT2D eigenvalue weighted by atomic mass is 16.7. The van der Waals surface area contributed by atoms with Crippen molar-refractivity contribution in [1.82, 2.24) is 15.0 Å². The number of likely N-dealkylation sites (tertiary alicyclic amines) is 1. The molecular weight excluding hydrogens is 342 g/mol. The van der Waals surface area contributed by atoms with Crippen molar-refractivity contribution >= 4 is 0 Å². The molecule has 0 radical (unpaired) electrons. The third-order valence-electron chi connectivity index (χ3n) is 5.46. The van der Waals surface area contributed by atoms with Crippen LogP contribution < -0.4 is 9.47 Å². The van der Waals surface area contributed by atoms with E-state index in [-0.39, 0.29) is 12.3 Å². The molecule has 0 saturated carbocycles. The first kappa shape index (κ1) is 17.8. The number of hydrogen-bond acceptors (Lipinski definition) is 6. The van der Waals surface area contributed by atoms with Crippen molar-refractivity contribution in [3.8, 4) is 22.9 Å². The Morgan fingerprint density at radius 1 is 1.11 bits per heavy atom. The SMILES string of the molecule is C=CCC1(CC=C)CCCCN1Cc1nc(-c2ccc3c(c2)OCO3)no1. The second kappa shape index (κ2) is 7.56. The molecule has 1 aromatic carbocycles. The minimum atomic E-state index is 0.0507. The first-order valence-electron chi connectivity index (χ1n) is 9.43. The largest absolute Gasteiger partial charge is 0.454 e. The minimum Gasteiger partial charge on any atom is -0.454 e. The molecule has 0 spiro atoms. The number of piperidine rings is 1. The molecule has 142 valence electrons. The molecule has 27 heavy (non-hydrogen) atoms. The summed E-state index contributed by atoms with van der Waals surface area (Å²) < 4.78 is 16.4. The fourth-order valence-electron chi connectivity index (χ4n) is 4.12. The second-order valence-corrected chi connectivity index (χ2v) is 7.17. The van der Waals surface area contributed by atoms with E-state index < -0.39 is 0 Å². The lowest BCUT2D eigenvalue weighted by Gasteiger charge is -2.46. The van der Waals surface area contributed by atoms with E-state index in [1.54, 1.807) is 0 Å². The first-order chi connectivity index (χ1) is 13.2. The molecule has 1 saturated heterocycles. The summed E-state index contributed by atoms with van der Waals surface area (Å²) in [5.74, 6) is 2.65. The number of nitrogens with zero attached hydrogens (tertiary/aromatic N) is 3. The lowest BCUT2D eigenvalue weighted by Crippen LogP contribution is -2.50. The summed E-state index contributed by atoms with van der Waals surface area (Å²) in [6.45, 7) is 9.83. The van der Waals surface area contributed by atoms with Crippen LogP contribution in [0, 0.1) is 0 Å². The molecule has 1 fully saturated rings. The Balaban J connectivity index is 1.54. The average molecular weight is 367 g/mol. The van der Waals surface area contributed by atoms with E-state index in [1.165, 1.54) is 12.8 Å². The van der Waals surface area contributed by atoms with Crippen LogP contribution in [-0.4, -0.2) is 33.9 Å². The van der Waals surface area contributed by atoms with Crippen LogP contribution in [0.5, 0.6) is 11.5 Å².